The minimum absolute atomic E-state index is 0. The predicted octanol–water partition coefficient (Wildman–Crippen LogP) is -6.13. The maximum atomic E-state index is 5.38. The molecule has 0 N–H and O–H groups in total. The van der Waals surface area contributed by atoms with E-state index in [9.17, 15) is 0 Å². The van der Waals surface area contributed by atoms with Crippen molar-refractivity contribution >= 4 is 0 Å². The molecule has 0 aliphatic heterocycles. The van der Waals surface area contributed by atoms with Gasteiger partial charge in [0.15, 0.2) is 0 Å². The third kappa shape index (κ3) is 5.45. The standard InChI is InChI=1S/C12H13O.3ClH.Zr/c13-9-12(10-5-1-2-6-10)11-7-3-4-8-11;;;;/h1-5,7,12H,6,8-9H2;3*1H;/q-1;;;;+4/p-3. The Labute approximate surface area is 137 Å². The van der Waals surface area contributed by atoms with Crippen molar-refractivity contribution in [3.8, 4) is 0 Å². The topological polar surface area (TPSA) is 9.23 Å². The molecule has 2 rings (SSSR count). The van der Waals surface area contributed by atoms with Gasteiger partial charge in [0.2, 0.25) is 0 Å². The van der Waals surface area contributed by atoms with E-state index in [0.29, 0.717) is 5.92 Å². The molecule has 0 aromatic heterocycles. The van der Waals surface area contributed by atoms with Gasteiger partial charge in [-0.15, -0.1) is 0 Å². The van der Waals surface area contributed by atoms with Crippen molar-refractivity contribution in [2.75, 3.05) is 6.61 Å². The normalized spacial score (nSPS) is 15.9. The third-order valence-electron chi connectivity index (χ3n) is 2.75. The maximum absolute atomic E-state index is 5.38. The van der Waals surface area contributed by atoms with Crippen LogP contribution >= 0.6 is 0 Å². The molecular weight excluding hydrogens is 358 g/mol. The minimum atomic E-state index is 0. The van der Waals surface area contributed by atoms with Gasteiger partial charge in [-0.2, -0.15) is 0 Å². The van der Waals surface area contributed by atoms with Crippen LogP contribution in [0.25, 0.3) is 0 Å². The fourth-order valence-corrected chi connectivity index (χ4v) is 2.39. The molecule has 0 bridgehead atoms. The average molecular weight is 371 g/mol. The first-order chi connectivity index (χ1) is 6.92. The van der Waals surface area contributed by atoms with Gasteiger partial charge in [0.25, 0.3) is 0 Å². The molecule has 0 saturated heterocycles. The van der Waals surface area contributed by atoms with Gasteiger partial charge in [0.05, 0.1) is 0 Å². The van der Waals surface area contributed by atoms with E-state index < -0.39 is 0 Å². The summed E-state index contributed by atoms with van der Waals surface area (Å²) in [5, 5.41) is 0. The summed E-state index contributed by atoms with van der Waals surface area (Å²) in [6.07, 6.45) is 15.4. The molecular formula is C12H13Cl3OZr. The summed E-state index contributed by atoms with van der Waals surface area (Å²) in [7, 11) is 0. The van der Waals surface area contributed by atoms with Crippen LogP contribution in [0.1, 0.15) is 12.8 Å². The van der Waals surface area contributed by atoms with Crippen LogP contribution in [-0.2, 0) is 28.0 Å². The molecule has 2 aliphatic carbocycles. The van der Waals surface area contributed by atoms with Crippen LogP contribution < -0.4 is 37.2 Å². The van der Waals surface area contributed by atoms with Crippen molar-refractivity contribution in [3.05, 3.63) is 47.6 Å². The summed E-state index contributed by atoms with van der Waals surface area (Å²) in [4.78, 5) is 0. The fourth-order valence-electron chi connectivity index (χ4n) is 1.98. The van der Waals surface area contributed by atoms with E-state index in [1.165, 1.54) is 36.3 Å². The molecule has 92 valence electrons. The molecule has 0 atom stereocenters. The van der Waals surface area contributed by atoms with E-state index >= 15 is 0 Å². The Morgan fingerprint density at radius 3 is 1.76 bits per heavy atom. The first-order valence-electron chi connectivity index (χ1n) is 4.91. The molecule has 0 aromatic rings. The Morgan fingerprint density at radius 2 is 1.47 bits per heavy atom. The van der Waals surface area contributed by atoms with E-state index in [1.54, 1.807) is 0 Å². The first kappa shape index (κ1) is 20.0. The summed E-state index contributed by atoms with van der Waals surface area (Å²) in [5.74, 6) is 0.513. The second kappa shape index (κ2) is 10.6. The Kier molecular flexibility index (Phi) is 12.4. The SMILES string of the molecule is [Cl-].[Cl-].[Cl-].[Zr+3][O]CC(C1=CC=CC1)C1=CC=CC1. The van der Waals surface area contributed by atoms with Crippen LogP contribution in [-0.4, -0.2) is 6.61 Å². The van der Waals surface area contributed by atoms with E-state index in [0.717, 1.165) is 19.4 Å². The van der Waals surface area contributed by atoms with Crippen molar-refractivity contribution < 1.29 is 65.2 Å². The zero-order valence-corrected chi connectivity index (χ0v) is 13.9. The zero-order chi connectivity index (χ0) is 9.80. The molecule has 0 heterocycles. The summed E-state index contributed by atoms with van der Waals surface area (Å²) in [6.45, 7) is 0.847. The molecule has 2 aliphatic rings. The number of halogens is 3. The van der Waals surface area contributed by atoms with Gasteiger partial charge in [-0.3, -0.25) is 0 Å². The van der Waals surface area contributed by atoms with Gasteiger partial charge in [-0.1, -0.05) is 0 Å². The molecule has 17 heavy (non-hydrogen) atoms. The Balaban J connectivity index is 0. The molecule has 0 aromatic carbocycles. The molecule has 5 heteroatoms. The average Bonchev–Trinajstić information content (AvgIpc) is 2.87. The van der Waals surface area contributed by atoms with Crippen molar-refractivity contribution in [1.82, 2.24) is 0 Å². The van der Waals surface area contributed by atoms with E-state index in [-0.39, 0.29) is 37.2 Å². The molecule has 0 radical (unpaired) electrons. The monoisotopic (exact) mass is 368 g/mol. The van der Waals surface area contributed by atoms with Crippen molar-refractivity contribution in [2.45, 2.75) is 12.8 Å². The van der Waals surface area contributed by atoms with E-state index in [2.05, 4.69) is 36.5 Å². The van der Waals surface area contributed by atoms with Gasteiger partial charge >= 0.3 is 101 Å². The summed E-state index contributed by atoms with van der Waals surface area (Å²) in [6, 6.07) is 0. The van der Waals surface area contributed by atoms with Gasteiger partial charge in [-0.05, 0) is 0 Å². The van der Waals surface area contributed by atoms with Crippen LogP contribution in [0.4, 0.5) is 0 Å². The van der Waals surface area contributed by atoms with Crippen molar-refractivity contribution in [1.29, 1.82) is 0 Å². The third-order valence-corrected chi connectivity index (χ3v) is 3.15. The number of allylic oxidation sites excluding steroid dienone is 6. The summed E-state index contributed by atoms with van der Waals surface area (Å²) < 4.78 is 5.38. The van der Waals surface area contributed by atoms with Crippen molar-refractivity contribution in [2.24, 2.45) is 5.92 Å². The van der Waals surface area contributed by atoms with E-state index in [4.69, 9.17) is 2.81 Å². The Hall–Kier alpha value is 0.673. The number of hydrogen-bond acceptors (Lipinski definition) is 1. The van der Waals surface area contributed by atoms with Crippen LogP contribution in [0.2, 0.25) is 0 Å². The predicted molar refractivity (Wildman–Crippen MR) is 53.1 cm³/mol. The van der Waals surface area contributed by atoms with Crippen LogP contribution in [0.15, 0.2) is 47.6 Å². The summed E-state index contributed by atoms with van der Waals surface area (Å²) >= 11 is 1.17. The fraction of sp³-hybridized carbons (Fsp3) is 0.333. The molecule has 0 amide bonds. The second-order valence-corrected chi connectivity index (χ2v) is 4.32. The van der Waals surface area contributed by atoms with Crippen LogP contribution in [0.3, 0.4) is 0 Å². The molecule has 0 fully saturated rings. The van der Waals surface area contributed by atoms with Crippen molar-refractivity contribution in [3.63, 3.8) is 0 Å². The van der Waals surface area contributed by atoms with Crippen LogP contribution in [0, 0.1) is 5.92 Å². The Bertz CT molecular complexity index is 305. The number of hydrogen-bond donors (Lipinski definition) is 0. The van der Waals surface area contributed by atoms with Gasteiger partial charge < -0.3 is 37.2 Å². The molecule has 1 nitrogen and oxygen atoms in total. The van der Waals surface area contributed by atoms with Gasteiger partial charge in [0.1, 0.15) is 0 Å². The molecule has 0 spiro atoms. The first-order valence-corrected chi connectivity index (χ1v) is 5.92. The number of rotatable bonds is 4. The summed E-state index contributed by atoms with van der Waals surface area (Å²) in [5.41, 5.74) is 3.00. The van der Waals surface area contributed by atoms with Crippen LogP contribution in [0.5, 0.6) is 0 Å². The van der Waals surface area contributed by atoms with Gasteiger partial charge in [-0.25, -0.2) is 0 Å². The molecule has 0 saturated carbocycles. The second-order valence-electron chi connectivity index (χ2n) is 3.61. The zero-order valence-electron chi connectivity index (χ0n) is 9.20. The van der Waals surface area contributed by atoms with E-state index in [1.807, 2.05) is 0 Å². The quantitative estimate of drug-likeness (QED) is 0.479. The van der Waals surface area contributed by atoms with Gasteiger partial charge in [0, 0.05) is 0 Å². The molecule has 0 unspecified atom stereocenters. The Morgan fingerprint density at radius 1 is 1.00 bits per heavy atom.